The van der Waals surface area contributed by atoms with Gasteiger partial charge in [-0.25, -0.2) is 14.8 Å². The molecule has 164 valence electrons. The van der Waals surface area contributed by atoms with Crippen LogP contribution < -0.4 is 5.73 Å². The first-order valence-corrected chi connectivity index (χ1v) is 9.57. The third kappa shape index (κ3) is 5.00. The Balaban J connectivity index is 1.76. The number of aromatic amines is 1. The molecule has 2 heterocycles. The fourth-order valence-corrected chi connectivity index (χ4v) is 3.48. The molecule has 11 heteroatoms. The number of H-pyrrole nitrogens is 1. The molecule has 1 saturated carbocycles. The molecule has 1 aliphatic carbocycles. The van der Waals surface area contributed by atoms with Gasteiger partial charge in [0, 0.05) is 24.7 Å². The molecule has 1 unspecified atom stereocenters. The van der Waals surface area contributed by atoms with Crippen molar-refractivity contribution in [2.45, 2.75) is 63.8 Å². The van der Waals surface area contributed by atoms with Crippen molar-refractivity contribution in [2.75, 3.05) is 12.8 Å². The highest BCUT2D eigenvalue weighted by atomic mass is 19.4. The van der Waals surface area contributed by atoms with Crippen LogP contribution in [0, 0.1) is 0 Å². The van der Waals surface area contributed by atoms with Crippen LogP contribution in [-0.4, -0.2) is 49.8 Å². The van der Waals surface area contributed by atoms with Gasteiger partial charge in [0.1, 0.15) is 17.0 Å². The van der Waals surface area contributed by atoms with Crippen molar-refractivity contribution in [3.05, 3.63) is 23.5 Å². The molecule has 0 saturated heterocycles. The van der Waals surface area contributed by atoms with Gasteiger partial charge in [-0.2, -0.15) is 18.3 Å². The molecule has 8 nitrogen and oxygen atoms in total. The van der Waals surface area contributed by atoms with Crippen LogP contribution in [-0.2, 0) is 10.9 Å². The molecule has 3 N–H and O–H groups in total. The molecule has 3 rings (SSSR count). The first kappa shape index (κ1) is 21.8. The smallest absolute Gasteiger partial charge is 0.432 e. The Morgan fingerprint density at radius 1 is 1.20 bits per heavy atom. The Labute approximate surface area is 172 Å². The van der Waals surface area contributed by atoms with E-state index >= 15 is 0 Å². The number of ether oxygens (including phenoxy) is 1. The number of alkyl halides is 3. The van der Waals surface area contributed by atoms with E-state index in [2.05, 4.69) is 15.1 Å². The topological polar surface area (TPSA) is 110 Å². The van der Waals surface area contributed by atoms with Crippen molar-refractivity contribution in [3.63, 3.8) is 0 Å². The molecule has 0 aliphatic heterocycles. The zero-order valence-corrected chi connectivity index (χ0v) is 17.2. The Morgan fingerprint density at radius 2 is 1.90 bits per heavy atom. The normalized spacial score (nSPS) is 19.7. The van der Waals surface area contributed by atoms with E-state index in [-0.39, 0.29) is 29.3 Å². The first-order valence-electron chi connectivity index (χ1n) is 9.57. The van der Waals surface area contributed by atoms with E-state index in [4.69, 9.17) is 10.5 Å². The molecule has 1 fully saturated rings. The highest BCUT2D eigenvalue weighted by Crippen LogP contribution is 2.37. The van der Waals surface area contributed by atoms with Crippen LogP contribution in [0.4, 0.5) is 23.9 Å². The molecule has 0 spiro atoms. The number of carbonyl (C=O) groups is 1. The van der Waals surface area contributed by atoms with Crippen molar-refractivity contribution in [3.8, 4) is 11.4 Å². The van der Waals surface area contributed by atoms with E-state index < -0.39 is 23.6 Å². The monoisotopic (exact) mass is 426 g/mol. The van der Waals surface area contributed by atoms with Crippen LogP contribution in [0.25, 0.3) is 11.4 Å². The van der Waals surface area contributed by atoms with Gasteiger partial charge in [0.25, 0.3) is 0 Å². The standard InChI is InChI=1S/C19H25F3N6O2/c1-18(2,3)30-17(29)28(4)11-6-5-10(7-11)12-8-13(25-16(23)24-12)14-9-15(27-26-14)19(20,21)22/h8-11H,5-7H2,1-4H3,(H,26,27)(H2,23,24,25)/t10?,11-/m1/s1. The molecular weight excluding hydrogens is 401 g/mol. The summed E-state index contributed by atoms with van der Waals surface area (Å²) in [5, 5.41) is 5.67. The molecule has 0 bridgehead atoms. The van der Waals surface area contributed by atoms with Gasteiger partial charge in [-0.1, -0.05) is 0 Å². The number of hydrogen-bond acceptors (Lipinski definition) is 6. The summed E-state index contributed by atoms with van der Waals surface area (Å²) in [5.74, 6) is -0.0482. The predicted molar refractivity (Wildman–Crippen MR) is 103 cm³/mol. The largest absolute Gasteiger partial charge is 0.444 e. The lowest BCUT2D eigenvalue weighted by molar-refractivity contribution is -0.141. The van der Waals surface area contributed by atoms with Crippen molar-refractivity contribution < 1.29 is 22.7 Å². The minimum absolute atomic E-state index is 0.00929. The third-order valence-corrected chi connectivity index (χ3v) is 4.96. The fourth-order valence-electron chi connectivity index (χ4n) is 3.48. The van der Waals surface area contributed by atoms with E-state index in [9.17, 15) is 18.0 Å². The van der Waals surface area contributed by atoms with Crippen LogP contribution in [0.5, 0.6) is 0 Å². The van der Waals surface area contributed by atoms with Crippen molar-refractivity contribution in [2.24, 2.45) is 0 Å². The van der Waals surface area contributed by atoms with E-state index in [1.165, 1.54) is 0 Å². The summed E-state index contributed by atoms with van der Waals surface area (Å²) >= 11 is 0. The van der Waals surface area contributed by atoms with Gasteiger partial charge < -0.3 is 15.4 Å². The fraction of sp³-hybridized carbons (Fsp3) is 0.579. The van der Waals surface area contributed by atoms with Crippen molar-refractivity contribution in [1.29, 1.82) is 0 Å². The molecule has 2 aromatic heterocycles. The Morgan fingerprint density at radius 3 is 2.50 bits per heavy atom. The van der Waals surface area contributed by atoms with E-state index in [1.54, 1.807) is 38.8 Å². The lowest BCUT2D eigenvalue weighted by Crippen LogP contribution is -2.39. The molecule has 1 amide bonds. The zero-order chi connectivity index (χ0) is 22.3. The van der Waals surface area contributed by atoms with Crippen LogP contribution in [0.3, 0.4) is 0 Å². The molecule has 30 heavy (non-hydrogen) atoms. The molecule has 2 atom stereocenters. The number of nitrogens with two attached hydrogens (primary N) is 1. The number of nitrogen functional groups attached to an aromatic ring is 1. The Bertz CT molecular complexity index is 922. The highest BCUT2D eigenvalue weighted by molar-refractivity contribution is 5.68. The molecular formula is C19H25F3N6O2. The maximum absolute atomic E-state index is 12.8. The van der Waals surface area contributed by atoms with Crippen molar-refractivity contribution >= 4 is 12.0 Å². The lowest BCUT2D eigenvalue weighted by atomic mass is 10.0. The Kier molecular flexibility index (Phi) is 5.66. The minimum Gasteiger partial charge on any atom is -0.444 e. The summed E-state index contributed by atoms with van der Waals surface area (Å²) in [6, 6.07) is 2.46. The SMILES string of the molecule is CN(C(=O)OC(C)(C)C)[C@@H]1CCC(c2cc(-c3cc(C(F)(F)F)[nH]n3)nc(N)n2)C1. The third-order valence-electron chi connectivity index (χ3n) is 4.96. The number of nitrogens with zero attached hydrogens (tertiary/aromatic N) is 4. The average molecular weight is 426 g/mol. The Hall–Kier alpha value is -2.85. The van der Waals surface area contributed by atoms with Crippen LogP contribution in [0.15, 0.2) is 12.1 Å². The van der Waals surface area contributed by atoms with Gasteiger partial charge in [0.15, 0.2) is 0 Å². The number of aromatic nitrogens is 4. The van der Waals surface area contributed by atoms with Gasteiger partial charge in [-0.05, 0) is 52.2 Å². The second-order valence-electron chi connectivity index (χ2n) is 8.46. The number of anilines is 1. The maximum atomic E-state index is 12.8. The summed E-state index contributed by atoms with van der Waals surface area (Å²) < 4.78 is 43.9. The lowest BCUT2D eigenvalue weighted by Gasteiger charge is -2.28. The van der Waals surface area contributed by atoms with Gasteiger partial charge in [0.2, 0.25) is 5.95 Å². The summed E-state index contributed by atoms with van der Waals surface area (Å²) in [7, 11) is 1.70. The van der Waals surface area contributed by atoms with Gasteiger partial charge in [0.05, 0.1) is 5.69 Å². The number of hydrogen-bond donors (Lipinski definition) is 2. The average Bonchev–Trinajstić information content (AvgIpc) is 3.28. The predicted octanol–water partition coefficient (Wildman–Crippen LogP) is 3.97. The first-order chi connectivity index (χ1) is 13.8. The van der Waals surface area contributed by atoms with Crippen LogP contribution >= 0.6 is 0 Å². The molecule has 1 aliphatic rings. The summed E-state index contributed by atoms with van der Waals surface area (Å²) in [5.41, 5.74) is 5.13. The van der Waals surface area contributed by atoms with Gasteiger partial charge in [-0.15, -0.1) is 0 Å². The van der Waals surface area contributed by atoms with Crippen molar-refractivity contribution in [1.82, 2.24) is 25.1 Å². The number of rotatable bonds is 3. The molecule has 0 aromatic carbocycles. The summed E-state index contributed by atoms with van der Waals surface area (Å²) in [4.78, 5) is 22.2. The van der Waals surface area contributed by atoms with Crippen LogP contribution in [0.2, 0.25) is 0 Å². The second-order valence-corrected chi connectivity index (χ2v) is 8.46. The maximum Gasteiger partial charge on any atom is 0.432 e. The number of amides is 1. The van der Waals surface area contributed by atoms with Crippen LogP contribution in [0.1, 0.15) is 57.3 Å². The number of carbonyl (C=O) groups excluding carboxylic acids is 1. The van der Waals surface area contributed by atoms with E-state index in [1.807, 2.05) is 5.10 Å². The van der Waals surface area contributed by atoms with Gasteiger partial charge in [-0.3, -0.25) is 5.10 Å². The number of nitrogens with one attached hydrogen (secondary N) is 1. The second kappa shape index (κ2) is 7.77. The minimum atomic E-state index is -4.53. The van der Waals surface area contributed by atoms with Gasteiger partial charge >= 0.3 is 12.3 Å². The molecule has 2 aromatic rings. The summed E-state index contributed by atoms with van der Waals surface area (Å²) in [6.45, 7) is 5.42. The highest BCUT2D eigenvalue weighted by Gasteiger charge is 2.35. The summed E-state index contributed by atoms with van der Waals surface area (Å²) in [6.07, 6.45) is -2.79. The number of halogens is 3. The quantitative estimate of drug-likeness (QED) is 0.768. The molecule has 0 radical (unpaired) electrons. The van der Waals surface area contributed by atoms with E-state index in [0.717, 1.165) is 18.9 Å². The zero-order valence-electron chi connectivity index (χ0n) is 17.2. The van der Waals surface area contributed by atoms with E-state index in [0.29, 0.717) is 12.1 Å².